The molecule has 2 N–H and O–H groups in total. The van der Waals surface area contributed by atoms with Gasteiger partial charge >= 0.3 is 0 Å². The number of carbonyl (C=O) groups is 2. The third-order valence-corrected chi connectivity index (χ3v) is 5.70. The third kappa shape index (κ3) is 3.63. The molecule has 1 spiro atoms. The van der Waals surface area contributed by atoms with Gasteiger partial charge in [-0.25, -0.2) is 8.78 Å². The lowest BCUT2D eigenvalue weighted by Crippen LogP contribution is -2.69. The Bertz CT molecular complexity index is 1150. The van der Waals surface area contributed by atoms with Gasteiger partial charge in [-0.15, -0.1) is 0 Å². The predicted octanol–water partition coefficient (Wildman–Crippen LogP) is 0.633. The van der Waals surface area contributed by atoms with Crippen LogP contribution in [0.15, 0.2) is 29.2 Å². The summed E-state index contributed by atoms with van der Waals surface area (Å²) in [5.41, 5.74) is -2.28. The van der Waals surface area contributed by atoms with Crippen molar-refractivity contribution < 1.29 is 33.0 Å². The van der Waals surface area contributed by atoms with Gasteiger partial charge in [0.25, 0.3) is 11.8 Å². The first-order valence-corrected chi connectivity index (χ1v) is 9.84. The van der Waals surface area contributed by atoms with Crippen LogP contribution in [0.25, 0.3) is 0 Å². The van der Waals surface area contributed by atoms with Crippen molar-refractivity contribution in [3.8, 4) is 5.75 Å². The second-order valence-corrected chi connectivity index (χ2v) is 7.78. The van der Waals surface area contributed by atoms with E-state index < -0.39 is 45.7 Å². The van der Waals surface area contributed by atoms with Crippen LogP contribution in [-0.4, -0.2) is 65.4 Å². The van der Waals surface area contributed by atoms with Gasteiger partial charge < -0.3 is 29.4 Å². The highest BCUT2D eigenvalue weighted by molar-refractivity contribution is 5.99. The number of nitrogens with one attached hydrogen (secondary N) is 1. The minimum absolute atomic E-state index is 0.0246. The predicted molar refractivity (Wildman–Crippen MR) is 106 cm³/mol. The van der Waals surface area contributed by atoms with Gasteiger partial charge in [-0.1, -0.05) is 6.07 Å². The molecule has 0 aliphatic carbocycles. The number of pyridine rings is 1. The Morgan fingerprint density at radius 1 is 1.31 bits per heavy atom. The van der Waals surface area contributed by atoms with Gasteiger partial charge in [0.2, 0.25) is 5.43 Å². The van der Waals surface area contributed by atoms with Crippen LogP contribution < -0.4 is 10.7 Å². The molecular formula is C21H21F2N3O6. The van der Waals surface area contributed by atoms with Crippen LogP contribution in [0, 0.1) is 11.6 Å². The second kappa shape index (κ2) is 8.32. The van der Waals surface area contributed by atoms with Gasteiger partial charge in [0.1, 0.15) is 22.7 Å². The van der Waals surface area contributed by atoms with Gasteiger partial charge in [0, 0.05) is 38.0 Å². The summed E-state index contributed by atoms with van der Waals surface area (Å²) in [6.45, 7) is 0.948. The molecule has 1 saturated heterocycles. The van der Waals surface area contributed by atoms with Crippen LogP contribution in [0.1, 0.15) is 26.4 Å². The summed E-state index contributed by atoms with van der Waals surface area (Å²) in [4.78, 5) is 39.9. The van der Waals surface area contributed by atoms with E-state index in [0.29, 0.717) is 6.07 Å². The molecule has 1 aromatic heterocycles. The fraction of sp³-hybridized carbons (Fsp3) is 0.381. The Balaban J connectivity index is 1.63. The topological polar surface area (TPSA) is 110 Å². The molecular weight excluding hydrogens is 428 g/mol. The lowest BCUT2D eigenvalue weighted by atomic mass is 9.90. The molecule has 0 saturated carbocycles. The Kier molecular flexibility index (Phi) is 5.70. The van der Waals surface area contributed by atoms with Crippen molar-refractivity contribution in [3.05, 3.63) is 63.1 Å². The summed E-state index contributed by atoms with van der Waals surface area (Å²) in [6.07, 6.45) is 1.21. The van der Waals surface area contributed by atoms with Crippen molar-refractivity contribution in [3.63, 3.8) is 0 Å². The minimum Gasteiger partial charge on any atom is -0.503 e. The molecule has 0 atom stereocenters. The number of methoxy groups -OCH3 is 1. The number of hydrogen-bond acceptors (Lipinski definition) is 6. The van der Waals surface area contributed by atoms with Crippen LogP contribution in [-0.2, 0) is 22.6 Å². The molecule has 3 heterocycles. The maximum atomic E-state index is 13.8. The zero-order valence-corrected chi connectivity index (χ0v) is 17.2. The van der Waals surface area contributed by atoms with Crippen LogP contribution in [0.4, 0.5) is 8.78 Å². The molecule has 2 aliphatic rings. The summed E-state index contributed by atoms with van der Waals surface area (Å²) >= 11 is 0. The number of amides is 2. The van der Waals surface area contributed by atoms with Gasteiger partial charge in [-0.2, -0.15) is 0 Å². The number of fused-ring (bicyclic) bond motifs is 1. The Hall–Kier alpha value is -3.31. The quantitative estimate of drug-likeness (QED) is 0.670. The highest BCUT2D eigenvalue weighted by Crippen LogP contribution is 2.35. The molecule has 11 heteroatoms. The molecule has 32 heavy (non-hydrogen) atoms. The maximum absolute atomic E-state index is 13.8. The maximum Gasteiger partial charge on any atom is 0.275 e. The third-order valence-electron chi connectivity index (χ3n) is 5.70. The van der Waals surface area contributed by atoms with Crippen LogP contribution in [0.2, 0.25) is 0 Å². The average Bonchev–Trinajstić information content (AvgIpc) is 2.73. The zero-order valence-electron chi connectivity index (χ0n) is 17.2. The first-order chi connectivity index (χ1) is 15.3. The first kappa shape index (κ1) is 21.9. The minimum atomic E-state index is -1.02. The van der Waals surface area contributed by atoms with E-state index in [1.165, 1.54) is 28.8 Å². The van der Waals surface area contributed by atoms with E-state index in [-0.39, 0.29) is 50.7 Å². The van der Waals surface area contributed by atoms with Gasteiger partial charge in [0.15, 0.2) is 11.4 Å². The summed E-state index contributed by atoms with van der Waals surface area (Å²) in [6, 6.07) is 2.91. The van der Waals surface area contributed by atoms with E-state index in [4.69, 9.17) is 9.47 Å². The molecule has 2 aliphatic heterocycles. The van der Waals surface area contributed by atoms with Crippen molar-refractivity contribution in [1.29, 1.82) is 0 Å². The molecule has 9 nitrogen and oxygen atoms in total. The SMILES string of the molecule is COCCN1C(=O)c2c(O)c(=O)c(C(=O)NCc3ccc(F)cc3F)cn2CC12COC2. The van der Waals surface area contributed by atoms with Gasteiger partial charge in [-0.3, -0.25) is 14.4 Å². The Morgan fingerprint density at radius 2 is 2.06 bits per heavy atom. The number of carbonyl (C=O) groups excluding carboxylic acids is 2. The second-order valence-electron chi connectivity index (χ2n) is 7.78. The highest BCUT2D eigenvalue weighted by Gasteiger charge is 2.51. The van der Waals surface area contributed by atoms with E-state index in [1.807, 2.05) is 0 Å². The molecule has 0 unspecified atom stereocenters. The van der Waals surface area contributed by atoms with E-state index in [9.17, 15) is 28.3 Å². The standard InChI is InChI=1S/C21H21F2N3O6/c1-31-5-4-26-20(30)16-18(28)17(27)14(8-25(16)9-21(26)10-32-11-21)19(29)24-7-12-2-3-13(22)6-15(12)23/h2-3,6,8,28H,4-5,7,9-11H2,1H3,(H,24,29). The number of rotatable bonds is 6. The van der Waals surface area contributed by atoms with Crippen molar-refractivity contribution in [1.82, 2.24) is 14.8 Å². The van der Waals surface area contributed by atoms with Crippen LogP contribution >= 0.6 is 0 Å². The molecule has 1 fully saturated rings. The molecule has 0 bridgehead atoms. The summed E-state index contributed by atoms with van der Waals surface area (Å²) < 4.78 is 38.6. The number of nitrogens with zero attached hydrogens (tertiary/aromatic N) is 2. The van der Waals surface area contributed by atoms with Gasteiger partial charge in [-0.05, 0) is 6.07 Å². The van der Waals surface area contributed by atoms with E-state index >= 15 is 0 Å². The van der Waals surface area contributed by atoms with Crippen LogP contribution in [0.5, 0.6) is 5.75 Å². The molecule has 170 valence electrons. The molecule has 2 aromatic rings. The molecule has 1 aromatic carbocycles. The normalized spacial score (nSPS) is 16.6. The molecule has 4 rings (SSSR count). The van der Waals surface area contributed by atoms with Crippen LogP contribution in [0.3, 0.4) is 0 Å². The molecule has 0 radical (unpaired) electrons. The van der Waals surface area contributed by atoms with Gasteiger partial charge in [0.05, 0.1) is 26.4 Å². The lowest BCUT2D eigenvalue weighted by Gasteiger charge is -2.52. The van der Waals surface area contributed by atoms with Crippen molar-refractivity contribution in [2.45, 2.75) is 18.6 Å². The zero-order chi connectivity index (χ0) is 23.0. The number of aromatic nitrogens is 1. The largest absolute Gasteiger partial charge is 0.503 e. The van der Waals surface area contributed by atoms with E-state index in [1.54, 1.807) is 0 Å². The molecule has 2 amide bonds. The van der Waals surface area contributed by atoms with Crippen molar-refractivity contribution in [2.24, 2.45) is 0 Å². The van der Waals surface area contributed by atoms with Crippen molar-refractivity contribution >= 4 is 11.8 Å². The number of hydrogen-bond donors (Lipinski definition) is 2. The monoisotopic (exact) mass is 449 g/mol. The summed E-state index contributed by atoms with van der Waals surface area (Å²) in [5.74, 6) is -3.87. The van der Waals surface area contributed by atoms with E-state index in [2.05, 4.69) is 5.32 Å². The smallest absolute Gasteiger partial charge is 0.275 e. The number of benzene rings is 1. The number of halogens is 2. The average molecular weight is 449 g/mol. The van der Waals surface area contributed by atoms with E-state index in [0.717, 1.165) is 6.07 Å². The number of aromatic hydroxyl groups is 1. The summed E-state index contributed by atoms with van der Waals surface area (Å²) in [5, 5.41) is 12.9. The highest BCUT2D eigenvalue weighted by atomic mass is 19.1. The Morgan fingerprint density at radius 3 is 2.69 bits per heavy atom. The fourth-order valence-corrected chi connectivity index (χ4v) is 3.95. The van der Waals surface area contributed by atoms with Crippen molar-refractivity contribution in [2.75, 3.05) is 33.5 Å². The lowest BCUT2D eigenvalue weighted by molar-refractivity contribution is -0.141. The Labute approximate surface area is 181 Å². The number of ether oxygens (including phenoxy) is 2. The summed E-state index contributed by atoms with van der Waals surface area (Å²) in [7, 11) is 1.50. The fourth-order valence-electron chi connectivity index (χ4n) is 3.95. The first-order valence-electron chi connectivity index (χ1n) is 9.84.